The molecule has 0 unspecified atom stereocenters. The molecule has 1 fully saturated rings. The lowest BCUT2D eigenvalue weighted by atomic mass is 9.70. The second kappa shape index (κ2) is 4.39. The summed E-state index contributed by atoms with van der Waals surface area (Å²) < 4.78 is 1.63. The third-order valence-electron chi connectivity index (χ3n) is 3.62. The number of carbonyl (C=O) groups is 1. The summed E-state index contributed by atoms with van der Waals surface area (Å²) in [5.41, 5.74) is 6.97. The van der Waals surface area contributed by atoms with Gasteiger partial charge in [0.15, 0.2) is 0 Å². The number of nitrogens with zero attached hydrogens (tertiary/aromatic N) is 2. The largest absolute Gasteiger partial charge is 0.396 e. The Morgan fingerprint density at radius 3 is 2.88 bits per heavy atom. The quantitative estimate of drug-likeness (QED) is 0.830. The van der Waals surface area contributed by atoms with Crippen molar-refractivity contribution >= 4 is 11.6 Å². The van der Waals surface area contributed by atoms with Gasteiger partial charge in [0.2, 0.25) is 0 Å². The molecule has 1 aliphatic carbocycles. The SMILES string of the molecule is CCn1ncc(N)c1C(=O)NCC1(C)CCC1. The summed E-state index contributed by atoms with van der Waals surface area (Å²) in [7, 11) is 0. The topological polar surface area (TPSA) is 72.9 Å². The van der Waals surface area contributed by atoms with Gasteiger partial charge in [-0.3, -0.25) is 9.48 Å². The fourth-order valence-corrected chi connectivity index (χ4v) is 2.22. The first-order valence-corrected chi connectivity index (χ1v) is 6.15. The van der Waals surface area contributed by atoms with E-state index in [1.54, 1.807) is 4.68 Å². The summed E-state index contributed by atoms with van der Waals surface area (Å²) in [4.78, 5) is 12.0. The molecule has 0 saturated heterocycles. The molecule has 1 amide bonds. The number of aryl methyl sites for hydroxylation is 1. The fourth-order valence-electron chi connectivity index (χ4n) is 2.22. The van der Waals surface area contributed by atoms with Gasteiger partial charge in [-0.15, -0.1) is 0 Å². The minimum Gasteiger partial charge on any atom is -0.396 e. The second-order valence-corrected chi connectivity index (χ2v) is 5.11. The molecule has 5 heteroatoms. The van der Waals surface area contributed by atoms with E-state index in [0.717, 1.165) is 6.54 Å². The highest BCUT2D eigenvalue weighted by molar-refractivity contribution is 5.97. The Balaban J connectivity index is 2.01. The molecule has 17 heavy (non-hydrogen) atoms. The molecular formula is C12H20N4O. The number of hydrogen-bond donors (Lipinski definition) is 2. The van der Waals surface area contributed by atoms with Crippen molar-refractivity contribution in [1.82, 2.24) is 15.1 Å². The van der Waals surface area contributed by atoms with E-state index in [1.807, 2.05) is 6.92 Å². The number of nitrogens with one attached hydrogen (secondary N) is 1. The number of aromatic nitrogens is 2. The van der Waals surface area contributed by atoms with Crippen LogP contribution < -0.4 is 11.1 Å². The minimum atomic E-state index is -0.116. The van der Waals surface area contributed by atoms with Crippen LogP contribution in [-0.4, -0.2) is 22.2 Å². The predicted octanol–water partition coefficient (Wildman–Crippen LogP) is 1.41. The minimum absolute atomic E-state index is 0.116. The molecule has 0 radical (unpaired) electrons. The predicted molar refractivity (Wildman–Crippen MR) is 66.6 cm³/mol. The van der Waals surface area contributed by atoms with E-state index < -0.39 is 0 Å². The van der Waals surface area contributed by atoms with E-state index in [1.165, 1.54) is 25.5 Å². The Kier molecular flexibility index (Phi) is 3.09. The van der Waals surface area contributed by atoms with E-state index in [4.69, 9.17) is 5.73 Å². The van der Waals surface area contributed by atoms with Crippen LogP contribution in [0.25, 0.3) is 0 Å². The van der Waals surface area contributed by atoms with Crippen LogP contribution in [-0.2, 0) is 6.54 Å². The molecule has 1 aromatic heterocycles. The number of nitrogen functional groups attached to an aromatic ring is 1. The van der Waals surface area contributed by atoms with Crippen LogP contribution in [0.5, 0.6) is 0 Å². The highest BCUT2D eigenvalue weighted by Crippen LogP contribution is 2.39. The number of carbonyl (C=O) groups excluding carboxylic acids is 1. The Morgan fingerprint density at radius 1 is 1.65 bits per heavy atom. The zero-order valence-electron chi connectivity index (χ0n) is 10.5. The number of amides is 1. The third-order valence-corrected chi connectivity index (χ3v) is 3.62. The maximum atomic E-state index is 12.0. The molecule has 5 nitrogen and oxygen atoms in total. The van der Waals surface area contributed by atoms with Gasteiger partial charge in [0.05, 0.1) is 11.9 Å². The Hall–Kier alpha value is -1.52. The monoisotopic (exact) mass is 236 g/mol. The first-order chi connectivity index (χ1) is 8.06. The van der Waals surface area contributed by atoms with Gasteiger partial charge < -0.3 is 11.1 Å². The average Bonchev–Trinajstić information content (AvgIpc) is 2.64. The van der Waals surface area contributed by atoms with Crippen molar-refractivity contribution in [3.8, 4) is 0 Å². The summed E-state index contributed by atoms with van der Waals surface area (Å²) in [6, 6.07) is 0. The molecule has 1 aliphatic rings. The van der Waals surface area contributed by atoms with Crippen molar-refractivity contribution in [3.63, 3.8) is 0 Å². The van der Waals surface area contributed by atoms with Crippen LogP contribution in [0.3, 0.4) is 0 Å². The van der Waals surface area contributed by atoms with Gasteiger partial charge in [0, 0.05) is 13.1 Å². The molecule has 3 N–H and O–H groups in total. The molecule has 0 aliphatic heterocycles. The zero-order chi connectivity index (χ0) is 12.5. The molecule has 0 spiro atoms. The van der Waals surface area contributed by atoms with Gasteiger partial charge in [-0.2, -0.15) is 5.10 Å². The van der Waals surface area contributed by atoms with Crippen molar-refractivity contribution in [3.05, 3.63) is 11.9 Å². The summed E-state index contributed by atoms with van der Waals surface area (Å²) in [6.45, 7) is 5.52. The van der Waals surface area contributed by atoms with Gasteiger partial charge in [0.25, 0.3) is 5.91 Å². The highest BCUT2D eigenvalue weighted by Gasteiger charge is 2.32. The lowest BCUT2D eigenvalue weighted by Gasteiger charge is -2.38. The van der Waals surface area contributed by atoms with Crippen LogP contribution in [0.2, 0.25) is 0 Å². The fraction of sp³-hybridized carbons (Fsp3) is 0.667. The van der Waals surface area contributed by atoms with Crippen molar-refractivity contribution < 1.29 is 4.79 Å². The molecule has 1 heterocycles. The maximum absolute atomic E-state index is 12.0. The molecular weight excluding hydrogens is 216 g/mol. The summed E-state index contributed by atoms with van der Waals surface area (Å²) in [5, 5.41) is 7.03. The summed E-state index contributed by atoms with van der Waals surface area (Å²) in [6.07, 6.45) is 5.18. The van der Waals surface area contributed by atoms with Gasteiger partial charge >= 0.3 is 0 Å². The third kappa shape index (κ3) is 2.28. The van der Waals surface area contributed by atoms with Gasteiger partial charge in [-0.05, 0) is 25.2 Å². The molecule has 0 atom stereocenters. The first-order valence-electron chi connectivity index (χ1n) is 6.15. The van der Waals surface area contributed by atoms with Crippen molar-refractivity contribution in [2.24, 2.45) is 5.41 Å². The van der Waals surface area contributed by atoms with Gasteiger partial charge in [-0.1, -0.05) is 13.3 Å². The molecule has 0 aromatic carbocycles. The van der Waals surface area contributed by atoms with Crippen molar-refractivity contribution in [2.75, 3.05) is 12.3 Å². The number of anilines is 1. The van der Waals surface area contributed by atoms with E-state index in [2.05, 4.69) is 17.3 Å². The van der Waals surface area contributed by atoms with Crippen LogP contribution >= 0.6 is 0 Å². The summed E-state index contributed by atoms with van der Waals surface area (Å²) in [5.74, 6) is -0.116. The normalized spacial score (nSPS) is 17.5. The van der Waals surface area contributed by atoms with E-state index in [-0.39, 0.29) is 11.3 Å². The van der Waals surface area contributed by atoms with E-state index >= 15 is 0 Å². The zero-order valence-corrected chi connectivity index (χ0v) is 10.5. The van der Waals surface area contributed by atoms with E-state index in [0.29, 0.717) is 17.9 Å². The summed E-state index contributed by atoms with van der Waals surface area (Å²) >= 11 is 0. The molecule has 1 saturated carbocycles. The number of nitrogens with two attached hydrogens (primary N) is 1. The smallest absolute Gasteiger partial charge is 0.271 e. The standard InChI is InChI=1S/C12H20N4O/c1-3-16-10(9(13)7-15-16)11(17)14-8-12(2)5-4-6-12/h7H,3-6,8,13H2,1-2H3,(H,14,17). The number of rotatable bonds is 4. The molecule has 94 valence electrons. The van der Waals surface area contributed by atoms with Crippen molar-refractivity contribution in [2.45, 2.75) is 39.7 Å². The first kappa shape index (κ1) is 12.0. The molecule has 2 rings (SSSR count). The Labute approximate surface area is 101 Å². The molecule has 1 aromatic rings. The van der Waals surface area contributed by atoms with Crippen LogP contribution in [0.15, 0.2) is 6.20 Å². The number of hydrogen-bond acceptors (Lipinski definition) is 3. The lowest BCUT2D eigenvalue weighted by Crippen LogP contribution is -2.40. The maximum Gasteiger partial charge on any atom is 0.271 e. The second-order valence-electron chi connectivity index (χ2n) is 5.11. The lowest BCUT2D eigenvalue weighted by molar-refractivity contribution is 0.0881. The highest BCUT2D eigenvalue weighted by atomic mass is 16.2. The Bertz CT molecular complexity index is 420. The Morgan fingerprint density at radius 2 is 2.35 bits per heavy atom. The molecule has 0 bridgehead atoms. The van der Waals surface area contributed by atoms with Crippen LogP contribution in [0, 0.1) is 5.41 Å². The average molecular weight is 236 g/mol. The van der Waals surface area contributed by atoms with Crippen molar-refractivity contribution in [1.29, 1.82) is 0 Å². The van der Waals surface area contributed by atoms with Crippen LogP contribution in [0.1, 0.15) is 43.6 Å². The van der Waals surface area contributed by atoms with Gasteiger partial charge in [0.1, 0.15) is 5.69 Å². The van der Waals surface area contributed by atoms with Crippen LogP contribution in [0.4, 0.5) is 5.69 Å². The van der Waals surface area contributed by atoms with Gasteiger partial charge in [-0.25, -0.2) is 0 Å². The van der Waals surface area contributed by atoms with E-state index in [9.17, 15) is 4.79 Å².